The molecule has 0 aromatic heterocycles. The molecule has 1 saturated heterocycles. The van der Waals surface area contributed by atoms with E-state index in [1.54, 1.807) is 17.8 Å². The smallest absolute Gasteiger partial charge is 0.269 e. The lowest BCUT2D eigenvalue weighted by Crippen LogP contribution is -2.13. The molecular weight excluding hydrogens is 254 g/mol. The predicted octanol–water partition coefficient (Wildman–Crippen LogP) is 2.36. The molecule has 1 aromatic carbocycles. The Morgan fingerprint density at radius 3 is 2.94 bits per heavy atom. The number of thioether (sulfide) groups is 1. The number of non-ortho nitro benzene ring substituents is 1. The van der Waals surface area contributed by atoms with Crippen LogP contribution >= 0.6 is 11.8 Å². The number of ether oxygens (including phenoxy) is 1. The maximum absolute atomic E-state index is 10.7. The van der Waals surface area contributed by atoms with Crippen LogP contribution < -0.4 is 0 Å². The molecule has 1 aliphatic rings. The van der Waals surface area contributed by atoms with Gasteiger partial charge in [0.15, 0.2) is 0 Å². The summed E-state index contributed by atoms with van der Waals surface area (Å²) in [4.78, 5) is 11.1. The molecule has 0 bridgehead atoms. The molecule has 98 valence electrons. The molecule has 1 N–H and O–H groups in total. The Kier molecular flexibility index (Phi) is 4.21. The highest BCUT2D eigenvalue weighted by Crippen LogP contribution is 2.35. The predicted molar refractivity (Wildman–Crippen MR) is 68.7 cm³/mol. The summed E-state index contributed by atoms with van der Waals surface area (Å²) in [5.41, 5.74) is 0.618. The van der Waals surface area contributed by atoms with Crippen molar-refractivity contribution in [2.45, 2.75) is 36.2 Å². The van der Waals surface area contributed by atoms with Crippen molar-refractivity contribution in [3.8, 4) is 0 Å². The fraction of sp³-hybridized carbons (Fsp3) is 0.500. The molecule has 6 heteroatoms. The quantitative estimate of drug-likeness (QED) is 0.671. The average molecular weight is 269 g/mol. The van der Waals surface area contributed by atoms with Crippen LogP contribution in [0.3, 0.4) is 0 Å². The largest absolute Gasteiger partial charge is 0.392 e. The van der Waals surface area contributed by atoms with Crippen molar-refractivity contribution >= 4 is 17.4 Å². The molecule has 0 amide bonds. The molecule has 18 heavy (non-hydrogen) atoms. The zero-order chi connectivity index (χ0) is 13.1. The third-order valence-corrected chi connectivity index (χ3v) is 4.58. The van der Waals surface area contributed by atoms with Crippen LogP contribution in [0.1, 0.15) is 18.9 Å². The van der Waals surface area contributed by atoms with E-state index in [4.69, 9.17) is 4.74 Å². The number of aliphatic hydroxyl groups is 1. The van der Waals surface area contributed by atoms with Gasteiger partial charge in [-0.2, -0.15) is 0 Å². The van der Waals surface area contributed by atoms with Crippen molar-refractivity contribution < 1.29 is 14.8 Å². The highest BCUT2D eigenvalue weighted by Gasteiger charge is 2.26. The Labute approximate surface area is 109 Å². The number of hydrogen-bond acceptors (Lipinski definition) is 5. The van der Waals surface area contributed by atoms with Gasteiger partial charge in [-0.3, -0.25) is 10.1 Å². The maximum Gasteiger partial charge on any atom is 0.269 e. The summed E-state index contributed by atoms with van der Waals surface area (Å²) < 4.78 is 5.48. The molecule has 2 atom stereocenters. The summed E-state index contributed by atoms with van der Waals surface area (Å²) in [6, 6.07) is 4.62. The summed E-state index contributed by atoms with van der Waals surface area (Å²) in [7, 11) is 0. The van der Waals surface area contributed by atoms with E-state index in [9.17, 15) is 15.2 Å². The van der Waals surface area contributed by atoms with E-state index in [0.717, 1.165) is 17.9 Å². The zero-order valence-corrected chi connectivity index (χ0v) is 10.9. The van der Waals surface area contributed by atoms with Crippen molar-refractivity contribution in [2.75, 3.05) is 6.61 Å². The van der Waals surface area contributed by atoms with E-state index in [2.05, 4.69) is 0 Å². The Morgan fingerprint density at radius 1 is 1.61 bits per heavy atom. The van der Waals surface area contributed by atoms with E-state index in [0.29, 0.717) is 10.8 Å². The van der Waals surface area contributed by atoms with Crippen molar-refractivity contribution in [3.05, 3.63) is 33.9 Å². The fourth-order valence-electron chi connectivity index (χ4n) is 1.95. The number of nitro groups is 1. The minimum Gasteiger partial charge on any atom is -0.392 e. The Morgan fingerprint density at radius 2 is 2.39 bits per heavy atom. The van der Waals surface area contributed by atoms with Gasteiger partial charge in [-0.15, -0.1) is 11.8 Å². The van der Waals surface area contributed by atoms with E-state index >= 15 is 0 Å². The summed E-state index contributed by atoms with van der Waals surface area (Å²) in [5, 5.41) is 20.3. The highest BCUT2D eigenvalue weighted by molar-refractivity contribution is 8.00. The first-order valence-corrected chi connectivity index (χ1v) is 6.66. The topological polar surface area (TPSA) is 72.6 Å². The molecule has 1 fully saturated rings. The second-order valence-corrected chi connectivity index (χ2v) is 5.51. The molecule has 1 aromatic rings. The minimum absolute atomic E-state index is 0.0131. The Bertz CT molecular complexity index is 452. The number of rotatable bonds is 4. The third kappa shape index (κ3) is 2.82. The lowest BCUT2D eigenvalue weighted by molar-refractivity contribution is -0.385. The number of hydrogen-bond donors (Lipinski definition) is 1. The first kappa shape index (κ1) is 13.3. The maximum atomic E-state index is 10.7. The van der Waals surface area contributed by atoms with Crippen LogP contribution in [0.25, 0.3) is 0 Å². The van der Waals surface area contributed by atoms with Gasteiger partial charge >= 0.3 is 0 Å². The van der Waals surface area contributed by atoms with E-state index in [1.807, 2.05) is 6.92 Å². The Balaban J connectivity index is 2.19. The van der Waals surface area contributed by atoms with Crippen LogP contribution in [0.15, 0.2) is 23.1 Å². The standard InChI is InChI=1S/C12H15NO4S/c1-8-11(4-5-17-8)18-12-3-2-10(13(15)16)6-9(12)7-14/h2-3,6,8,11,14H,4-5,7H2,1H3. The summed E-state index contributed by atoms with van der Waals surface area (Å²) >= 11 is 1.62. The van der Waals surface area contributed by atoms with Gasteiger partial charge in [-0.25, -0.2) is 0 Å². The van der Waals surface area contributed by atoms with Gasteiger partial charge in [0.2, 0.25) is 0 Å². The number of benzene rings is 1. The molecule has 0 spiro atoms. The first-order chi connectivity index (χ1) is 8.61. The SMILES string of the molecule is CC1OCCC1Sc1ccc([N+](=O)[O-])cc1CO. The fourth-order valence-corrected chi connectivity index (χ4v) is 3.18. The van der Waals surface area contributed by atoms with Gasteiger partial charge in [-0.05, 0) is 25.0 Å². The number of aliphatic hydroxyl groups excluding tert-OH is 1. The molecule has 0 radical (unpaired) electrons. The second kappa shape index (κ2) is 5.69. The number of nitrogens with zero attached hydrogens (tertiary/aromatic N) is 1. The Hall–Kier alpha value is -1.11. The van der Waals surface area contributed by atoms with Crippen molar-refractivity contribution in [1.82, 2.24) is 0 Å². The van der Waals surface area contributed by atoms with Crippen molar-refractivity contribution in [3.63, 3.8) is 0 Å². The van der Waals surface area contributed by atoms with Crippen molar-refractivity contribution in [1.29, 1.82) is 0 Å². The molecule has 2 rings (SSSR count). The van der Waals surface area contributed by atoms with Gasteiger partial charge < -0.3 is 9.84 Å². The molecule has 1 aliphatic heterocycles. The number of nitro benzene ring substituents is 1. The van der Waals surface area contributed by atoms with Crippen LogP contribution in [0, 0.1) is 10.1 Å². The molecular formula is C12H15NO4S. The van der Waals surface area contributed by atoms with Crippen molar-refractivity contribution in [2.24, 2.45) is 0 Å². The van der Waals surface area contributed by atoms with Gasteiger partial charge in [0.05, 0.1) is 17.6 Å². The molecule has 0 saturated carbocycles. The molecule has 2 unspecified atom stereocenters. The summed E-state index contributed by atoms with van der Waals surface area (Å²) in [5.74, 6) is 0. The van der Waals surface area contributed by atoms with Crippen LogP contribution in [0.2, 0.25) is 0 Å². The second-order valence-electron chi connectivity index (χ2n) is 4.23. The zero-order valence-electron chi connectivity index (χ0n) is 10.0. The summed E-state index contributed by atoms with van der Waals surface area (Å²) in [6.07, 6.45) is 1.14. The summed E-state index contributed by atoms with van der Waals surface area (Å²) in [6.45, 7) is 2.58. The van der Waals surface area contributed by atoms with Crippen LogP contribution in [0.4, 0.5) is 5.69 Å². The van der Waals surface area contributed by atoms with E-state index < -0.39 is 4.92 Å². The first-order valence-electron chi connectivity index (χ1n) is 5.78. The average Bonchev–Trinajstić information content (AvgIpc) is 2.75. The van der Waals surface area contributed by atoms with Crippen LogP contribution in [-0.2, 0) is 11.3 Å². The molecule has 0 aliphatic carbocycles. The third-order valence-electron chi connectivity index (χ3n) is 3.01. The lowest BCUT2D eigenvalue weighted by atomic mass is 10.2. The van der Waals surface area contributed by atoms with Gasteiger partial charge in [0.1, 0.15) is 0 Å². The van der Waals surface area contributed by atoms with E-state index in [1.165, 1.54) is 12.1 Å². The van der Waals surface area contributed by atoms with Crippen LogP contribution in [-0.4, -0.2) is 28.0 Å². The van der Waals surface area contributed by atoms with Gasteiger partial charge in [0.25, 0.3) is 5.69 Å². The minimum atomic E-state index is -0.449. The van der Waals surface area contributed by atoms with Gasteiger partial charge in [0, 0.05) is 28.9 Å². The van der Waals surface area contributed by atoms with E-state index in [-0.39, 0.29) is 18.4 Å². The van der Waals surface area contributed by atoms with Gasteiger partial charge in [-0.1, -0.05) is 0 Å². The lowest BCUT2D eigenvalue weighted by Gasteiger charge is -2.15. The molecule has 5 nitrogen and oxygen atoms in total. The van der Waals surface area contributed by atoms with Crippen LogP contribution in [0.5, 0.6) is 0 Å². The normalized spacial score (nSPS) is 23.2. The monoisotopic (exact) mass is 269 g/mol. The molecule has 1 heterocycles. The highest BCUT2D eigenvalue weighted by atomic mass is 32.2.